The Morgan fingerprint density at radius 1 is 1.19 bits per heavy atom. The number of ether oxygens (including phenoxy) is 2. The number of benzene rings is 1. The molecule has 1 aliphatic rings. The van der Waals surface area contributed by atoms with Crippen molar-refractivity contribution in [2.45, 2.75) is 46.3 Å². The molecule has 1 aliphatic heterocycles. The average Bonchev–Trinajstić information content (AvgIpc) is 2.86. The standard InChI is InChI=1S/C28H37N5O4/c1-20-17-23(26-30-24(18-25(34)33(26)19-20)31-13-15-36-16-14-31)21(2)32(22-9-7-6-8-10-22)12-11-29-27(35)37-28(3,4)5/h6-10,17-19,21H,11-16H2,1-5H3,(H,29,35). The van der Waals surface area contributed by atoms with Crippen LogP contribution in [0.2, 0.25) is 0 Å². The molecule has 9 nitrogen and oxygen atoms in total. The Morgan fingerprint density at radius 2 is 1.89 bits per heavy atom. The average molecular weight is 508 g/mol. The van der Waals surface area contributed by atoms with Crippen molar-refractivity contribution in [3.05, 3.63) is 70.1 Å². The second-order valence-corrected chi connectivity index (χ2v) is 10.4. The zero-order chi connectivity index (χ0) is 26.6. The van der Waals surface area contributed by atoms with Crippen molar-refractivity contribution in [2.24, 2.45) is 0 Å². The molecule has 198 valence electrons. The van der Waals surface area contributed by atoms with Crippen LogP contribution in [-0.4, -0.2) is 60.5 Å². The van der Waals surface area contributed by atoms with Crippen LogP contribution in [0.25, 0.3) is 5.65 Å². The van der Waals surface area contributed by atoms with E-state index >= 15 is 0 Å². The summed E-state index contributed by atoms with van der Waals surface area (Å²) in [5, 5.41) is 2.86. The number of carbonyl (C=O) groups is 1. The van der Waals surface area contributed by atoms with E-state index in [0.717, 1.165) is 16.8 Å². The third kappa shape index (κ3) is 6.60. The van der Waals surface area contributed by atoms with Crippen molar-refractivity contribution in [3.63, 3.8) is 0 Å². The van der Waals surface area contributed by atoms with Crippen molar-refractivity contribution in [1.29, 1.82) is 0 Å². The van der Waals surface area contributed by atoms with Gasteiger partial charge >= 0.3 is 6.09 Å². The summed E-state index contributed by atoms with van der Waals surface area (Å²) < 4.78 is 12.5. The topological polar surface area (TPSA) is 88.4 Å². The number of anilines is 2. The first kappa shape index (κ1) is 26.5. The number of amides is 1. The molecule has 0 spiro atoms. The normalized spacial score (nSPS) is 14.9. The van der Waals surface area contributed by atoms with E-state index < -0.39 is 11.7 Å². The quantitative estimate of drug-likeness (QED) is 0.518. The van der Waals surface area contributed by atoms with Gasteiger partial charge < -0.3 is 24.6 Å². The Labute approximate surface area is 218 Å². The van der Waals surface area contributed by atoms with E-state index in [0.29, 0.717) is 50.9 Å². The van der Waals surface area contributed by atoms with Crippen molar-refractivity contribution in [1.82, 2.24) is 14.7 Å². The van der Waals surface area contributed by atoms with E-state index in [1.54, 1.807) is 10.5 Å². The van der Waals surface area contributed by atoms with Gasteiger partial charge in [0.25, 0.3) is 5.56 Å². The van der Waals surface area contributed by atoms with Crippen LogP contribution in [0.15, 0.2) is 53.5 Å². The van der Waals surface area contributed by atoms with Gasteiger partial charge in [-0.2, -0.15) is 0 Å². The summed E-state index contributed by atoms with van der Waals surface area (Å²) in [7, 11) is 0. The molecule has 0 aliphatic carbocycles. The molecule has 1 N–H and O–H groups in total. The van der Waals surface area contributed by atoms with Gasteiger partial charge in [0, 0.05) is 49.7 Å². The van der Waals surface area contributed by atoms with Gasteiger partial charge in [0.1, 0.15) is 17.1 Å². The van der Waals surface area contributed by atoms with Gasteiger partial charge in [-0.1, -0.05) is 18.2 Å². The van der Waals surface area contributed by atoms with Gasteiger partial charge in [-0.25, -0.2) is 9.78 Å². The molecule has 1 aromatic carbocycles. The number of hydrogen-bond donors (Lipinski definition) is 1. The molecule has 37 heavy (non-hydrogen) atoms. The van der Waals surface area contributed by atoms with Crippen LogP contribution in [0.3, 0.4) is 0 Å². The Morgan fingerprint density at radius 3 is 2.57 bits per heavy atom. The minimum atomic E-state index is -0.561. The van der Waals surface area contributed by atoms with Gasteiger partial charge in [0.2, 0.25) is 0 Å². The number of carbonyl (C=O) groups excluding carboxylic acids is 1. The van der Waals surface area contributed by atoms with Crippen LogP contribution in [0.1, 0.15) is 44.9 Å². The second kappa shape index (κ2) is 11.2. The highest BCUT2D eigenvalue weighted by Gasteiger charge is 2.23. The highest BCUT2D eigenvalue weighted by atomic mass is 16.6. The third-order valence-electron chi connectivity index (χ3n) is 6.27. The van der Waals surface area contributed by atoms with E-state index in [1.807, 2.05) is 64.2 Å². The molecule has 4 rings (SSSR count). The smallest absolute Gasteiger partial charge is 0.407 e. The van der Waals surface area contributed by atoms with Gasteiger partial charge in [-0.15, -0.1) is 0 Å². The molecule has 3 heterocycles. The molecule has 0 bridgehead atoms. The zero-order valence-electron chi connectivity index (χ0n) is 22.4. The van der Waals surface area contributed by atoms with Crippen LogP contribution in [0, 0.1) is 6.92 Å². The highest BCUT2D eigenvalue weighted by molar-refractivity contribution is 5.67. The fraction of sp³-hybridized carbons (Fsp3) is 0.464. The summed E-state index contributed by atoms with van der Waals surface area (Å²) in [4.78, 5) is 34.7. The number of nitrogens with one attached hydrogen (secondary N) is 1. The number of hydrogen-bond acceptors (Lipinski definition) is 7. The van der Waals surface area contributed by atoms with E-state index in [-0.39, 0.29) is 11.6 Å². The molecule has 1 fully saturated rings. The number of fused-ring (bicyclic) bond motifs is 1. The van der Waals surface area contributed by atoms with Crippen LogP contribution in [-0.2, 0) is 9.47 Å². The molecule has 1 saturated heterocycles. The summed E-state index contributed by atoms with van der Waals surface area (Å²) in [6.45, 7) is 13.2. The van der Waals surface area contributed by atoms with Crippen LogP contribution in [0.4, 0.5) is 16.3 Å². The van der Waals surface area contributed by atoms with Crippen molar-refractivity contribution in [2.75, 3.05) is 49.2 Å². The maximum atomic E-state index is 13.2. The first-order valence-corrected chi connectivity index (χ1v) is 12.8. The minimum Gasteiger partial charge on any atom is -0.444 e. The van der Waals surface area contributed by atoms with E-state index in [1.165, 1.54) is 0 Å². The van der Waals surface area contributed by atoms with E-state index in [9.17, 15) is 9.59 Å². The molecule has 1 atom stereocenters. The molecule has 1 unspecified atom stereocenters. The summed E-state index contributed by atoms with van der Waals surface area (Å²) in [6, 6.07) is 13.6. The van der Waals surface area contributed by atoms with Crippen molar-refractivity contribution >= 4 is 23.2 Å². The number of pyridine rings is 1. The van der Waals surface area contributed by atoms with Crippen molar-refractivity contribution < 1.29 is 14.3 Å². The molecule has 1 amide bonds. The second-order valence-electron chi connectivity index (χ2n) is 10.4. The highest BCUT2D eigenvalue weighted by Crippen LogP contribution is 2.29. The maximum absolute atomic E-state index is 13.2. The van der Waals surface area contributed by atoms with Crippen molar-refractivity contribution in [3.8, 4) is 0 Å². The summed E-state index contributed by atoms with van der Waals surface area (Å²) >= 11 is 0. The number of alkyl carbamates (subject to hydrolysis) is 1. The predicted octanol–water partition coefficient (Wildman–Crippen LogP) is 3.93. The Bertz CT molecular complexity index is 1280. The van der Waals surface area contributed by atoms with Crippen LogP contribution < -0.4 is 20.7 Å². The number of aromatic nitrogens is 2. The Kier molecular flexibility index (Phi) is 8.02. The number of morpholine rings is 1. The summed E-state index contributed by atoms with van der Waals surface area (Å²) in [5.74, 6) is 0.670. The molecule has 9 heteroatoms. The summed E-state index contributed by atoms with van der Waals surface area (Å²) in [5.41, 5.74) is 2.88. The first-order chi connectivity index (χ1) is 17.6. The molecule has 3 aromatic rings. The van der Waals surface area contributed by atoms with Gasteiger partial charge in [-0.3, -0.25) is 9.20 Å². The van der Waals surface area contributed by atoms with E-state index in [4.69, 9.17) is 14.5 Å². The van der Waals surface area contributed by atoms with E-state index in [2.05, 4.69) is 28.1 Å². The molecule has 0 saturated carbocycles. The maximum Gasteiger partial charge on any atom is 0.407 e. The molecule has 0 radical (unpaired) electrons. The fourth-order valence-corrected chi connectivity index (χ4v) is 4.55. The molecule has 2 aromatic heterocycles. The molecular formula is C28H37N5O4. The number of nitrogens with zero attached hydrogens (tertiary/aromatic N) is 4. The largest absolute Gasteiger partial charge is 0.444 e. The Balaban J connectivity index is 1.68. The lowest BCUT2D eigenvalue weighted by Gasteiger charge is -2.33. The molecular weight excluding hydrogens is 470 g/mol. The minimum absolute atomic E-state index is 0.110. The number of aryl methyl sites for hydroxylation is 1. The lowest BCUT2D eigenvalue weighted by Crippen LogP contribution is -2.39. The van der Waals surface area contributed by atoms with Gasteiger partial charge in [-0.05, 0) is 58.4 Å². The lowest BCUT2D eigenvalue weighted by atomic mass is 10.0. The van der Waals surface area contributed by atoms with Crippen LogP contribution in [0.5, 0.6) is 0 Å². The zero-order valence-corrected chi connectivity index (χ0v) is 22.4. The SMILES string of the molecule is Cc1cc(C(C)N(CCNC(=O)OC(C)(C)C)c2ccccc2)c2nc(N3CCOCC3)cc(=O)n2c1. The predicted molar refractivity (Wildman–Crippen MR) is 146 cm³/mol. The van der Waals surface area contributed by atoms with Crippen LogP contribution >= 0.6 is 0 Å². The summed E-state index contributed by atoms with van der Waals surface area (Å²) in [6.07, 6.45) is 1.39. The number of rotatable bonds is 7. The number of para-hydroxylation sites is 1. The fourth-order valence-electron chi connectivity index (χ4n) is 4.55. The Hall–Kier alpha value is -3.59. The first-order valence-electron chi connectivity index (χ1n) is 12.8. The lowest BCUT2D eigenvalue weighted by molar-refractivity contribution is 0.0529. The van der Waals surface area contributed by atoms with Gasteiger partial charge in [0.15, 0.2) is 0 Å². The third-order valence-corrected chi connectivity index (χ3v) is 6.27. The van der Waals surface area contributed by atoms with Gasteiger partial charge in [0.05, 0.1) is 19.3 Å². The monoisotopic (exact) mass is 507 g/mol.